The average molecular weight is 349 g/mol. The normalized spacial score (nSPS) is 12.4. The summed E-state index contributed by atoms with van der Waals surface area (Å²) in [6, 6.07) is 8.56. The third-order valence-electron chi connectivity index (χ3n) is 3.43. The van der Waals surface area contributed by atoms with Gasteiger partial charge in [0.05, 0.1) is 11.8 Å². The minimum absolute atomic E-state index is 0.0224. The van der Waals surface area contributed by atoms with Gasteiger partial charge in [-0.15, -0.1) is 11.3 Å². The zero-order chi connectivity index (χ0) is 16.8. The van der Waals surface area contributed by atoms with E-state index in [1.54, 1.807) is 11.3 Å². The van der Waals surface area contributed by atoms with E-state index in [1.807, 2.05) is 19.2 Å². The third kappa shape index (κ3) is 5.99. The average Bonchev–Trinajstić information content (AvgIpc) is 2.91. The number of thioether (sulfide) groups is 1. The molecule has 1 aromatic heterocycles. The highest BCUT2D eigenvalue weighted by Gasteiger charge is 2.11. The van der Waals surface area contributed by atoms with Gasteiger partial charge in [-0.2, -0.15) is 0 Å². The number of rotatable bonds is 7. The van der Waals surface area contributed by atoms with E-state index in [1.165, 1.54) is 17.3 Å². The fourth-order valence-electron chi connectivity index (χ4n) is 2.31. The molecule has 0 aliphatic rings. The smallest absolute Gasteiger partial charge is 0.230 e. The Hall–Kier alpha value is -1.33. The van der Waals surface area contributed by atoms with Gasteiger partial charge in [0.1, 0.15) is 0 Å². The minimum Gasteiger partial charge on any atom is -0.349 e. The molecule has 1 heterocycles. The van der Waals surface area contributed by atoms with E-state index < -0.39 is 0 Å². The van der Waals surface area contributed by atoms with Gasteiger partial charge in [-0.25, -0.2) is 4.98 Å². The predicted molar refractivity (Wildman–Crippen MR) is 99.1 cm³/mol. The van der Waals surface area contributed by atoms with Crippen molar-refractivity contribution in [3.8, 4) is 0 Å². The second kappa shape index (κ2) is 8.50. The Morgan fingerprint density at radius 2 is 1.96 bits per heavy atom. The quantitative estimate of drug-likeness (QED) is 0.742. The van der Waals surface area contributed by atoms with Crippen molar-refractivity contribution in [3.05, 3.63) is 46.5 Å². The number of carbonyl (C=O) groups is 1. The molecule has 3 nitrogen and oxygen atoms in total. The van der Waals surface area contributed by atoms with E-state index in [9.17, 15) is 4.79 Å². The maximum absolute atomic E-state index is 12.1. The fourth-order valence-corrected chi connectivity index (χ4v) is 3.97. The summed E-state index contributed by atoms with van der Waals surface area (Å²) in [5.74, 6) is 1.11. The lowest BCUT2D eigenvalue weighted by molar-refractivity contribution is -0.119. The van der Waals surface area contributed by atoms with Gasteiger partial charge in [0.25, 0.3) is 0 Å². The van der Waals surface area contributed by atoms with E-state index in [0.717, 1.165) is 22.0 Å². The van der Waals surface area contributed by atoms with Crippen LogP contribution in [0.5, 0.6) is 0 Å². The Morgan fingerprint density at radius 3 is 2.52 bits per heavy atom. The molecule has 1 atom stereocenters. The molecule has 0 spiro atoms. The molecule has 0 fully saturated rings. The lowest BCUT2D eigenvalue weighted by atomic mass is 10.00. The van der Waals surface area contributed by atoms with Crippen LogP contribution >= 0.6 is 23.1 Å². The number of thiazole rings is 1. The van der Waals surface area contributed by atoms with Gasteiger partial charge >= 0.3 is 0 Å². The van der Waals surface area contributed by atoms with Crippen LogP contribution in [0.15, 0.2) is 34.0 Å². The topological polar surface area (TPSA) is 42.0 Å². The van der Waals surface area contributed by atoms with Crippen LogP contribution in [0.4, 0.5) is 0 Å². The lowest BCUT2D eigenvalue weighted by Gasteiger charge is -2.15. The molecular weight excluding hydrogens is 324 g/mol. The Balaban J connectivity index is 1.83. The molecule has 0 aliphatic carbocycles. The van der Waals surface area contributed by atoms with Gasteiger partial charge < -0.3 is 5.32 Å². The Kier molecular flexibility index (Phi) is 6.66. The Morgan fingerprint density at radius 1 is 1.26 bits per heavy atom. The SMILES string of the molecule is Cc1csc(SCC(=O)N[C@H](C)c2ccc(CC(C)C)cc2)n1. The highest BCUT2D eigenvalue weighted by atomic mass is 32.2. The molecule has 124 valence electrons. The van der Waals surface area contributed by atoms with Crippen molar-refractivity contribution >= 4 is 29.0 Å². The minimum atomic E-state index is 0.0224. The summed E-state index contributed by atoms with van der Waals surface area (Å²) in [4.78, 5) is 16.4. The van der Waals surface area contributed by atoms with Gasteiger partial charge in [-0.05, 0) is 37.3 Å². The molecule has 5 heteroatoms. The maximum Gasteiger partial charge on any atom is 0.230 e. The number of amides is 1. The summed E-state index contributed by atoms with van der Waals surface area (Å²) in [6.07, 6.45) is 1.09. The first-order valence-corrected chi connectivity index (χ1v) is 9.73. The fraction of sp³-hybridized carbons (Fsp3) is 0.444. The number of hydrogen-bond acceptors (Lipinski definition) is 4. The molecular formula is C18H24N2OS2. The second-order valence-corrected chi connectivity index (χ2v) is 8.25. The first kappa shape index (κ1) is 18.0. The molecule has 23 heavy (non-hydrogen) atoms. The van der Waals surface area contributed by atoms with Crippen molar-refractivity contribution in [2.24, 2.45) is 5.92 Å². The molecule has 1 amide bonds. The zero-order valence-electron chi connectivity index (χ0n) is 14.1. The number of aryl methyl sites for hydroxylation is 1. The molecule has 2 rings (SSSR count). The molecule has 0 aliphatic heterocycles. The molecule has 0 unspecified atom stereocenters. The summed E-state index contributed by atoms with van der Waals surface area (Å²) in [7, 11) is 0. The second-order valence-electron chi connectivity index (χ2n) is 6.17. The van der Waals surface area contributed by atoms with Crippen molar-refractivity contribution in [1.82, 2.24) is 10.3 Å². The summed E-state index contributed by atoms with van der Waals surface area (Å²) < 4.78 is 0.948. The van der Waals surface area contributed by atoms with E-state index in [0.29, 0.717) is 11.7 Å². The maximum atomic E-state index is 12.1. The van der Waals surface area contributed by atoms with Crippen LogP contribution in [0, 0.1) is 12.8 Å². The van der Waals surface area contributed by atoms with Crippen molar-refractivity contribution in [2.45, 2.75) is 44.5 Å². The first-order chi connectivity index (χ1) is 10.9. The summed E-state index contributed by atoms with van der Waals surface area (Å²) in [5, 5.41) is 5.05. The largest absolute Gasteiger partial charge is 0.349 e. The van der Waals surface area contributed by atoms with Gasteiger partial charge in [-0.3, -0.25) is 4.79 Å². The first-order valence-electron chi connectivity index (χ1n) is 7.87. The van der Waals surface area contributed by atoms with Crippen LogP contribution in [-0.2, 0) is 11.2 Å². The lowest BCUT2D eigenvalue weighted by Crippen LogP contribution is -2.28. The number of hydrogen-bond donors (Lipinski definition) is 1. The number of carbonyl (C=O) groups excluding carboxylic acids is 1. The Labute approximate surface area is 146 Å². The Bertz CT molecular complexity index is 635. The zero-order valence-corrected chi connectivity index (χ0v) is 15.8. The van der Waals surface area contributed by atoms with Gasteiger partial charge in [-0.1, -0.05) is 49.9 Å². The predicted octanol–water partition coefficient (Wildman–Crippen LogP) is 4.62. The molecule has 0 bridgehead atoms. The van der Waals surface area contributed by atoms with Gasteiger partial charge in [0.15, 0.2) is 4.34 Å². The number of nitrogens with one attached hydrogen (secondary N) is 1. The van der Waals surface area contributed by atoms with Crippen molar-refractivity contribution < 1.29 is 4.79 Å². The van der Waals surface area contributed by atoms with Crippen LogP contribution in [0.3, 0.4) is 0 Å². The molecule has 0 saturated carbocycles. The molecule has 1 aromatic carbocycles. The summed E-state index contributed by atoms with van der Waals surface area (Å²) in [5.41, 5.74) is 3.49. The molecule has 1 N–H and O–H groups in total. The van der Waals surface area contributed by atoms with Crippen molar-refractivity contribution in [1.29, 1.82) is 0 Å². The standard InChI is InChI=1S/C18H24N2OS2/c1-12(2)9-15-5-7-16(8-6-15)14(4)20-17(21)11-23-18-19-13(3)10-22-18/h5-8,10,12,14H,9,11H2,1-4H3,(H,20,21)/t14-/m1/s1. The highest BCUT2D eigenvalue weighted by molar-refractivity contribution is 8.01. The van der Waals surface area contributed by atoms with Crippen LogP contribution in [-0.4, -0.2) is 16.6 Å². The summed E-state index contributed by atoms with van der Waals surface area (Å²) >= 11 is 3.08. The van der Waals surface area contributed by atoms with E-state index in [4.69, 9.17) is 0 Å². The van der Waals surface area contributed by atoms with Crippen molar-refractivity contribution in [2.75, 3.05) is 5.75 Å². The van der Waals surface area contributed by atoms with Crippen LogP contribution in [0.1, 0.15) is 43.6 Å². The van der Waals surface area contributed by atoms with E-state index in [-0.39, 0.29) is 11.9 Å². The third-order valence-corrected chi connectivity index (χ3v) is 5.56. The van der Waals surface area contributed by atoms with Crippen LogP contribution < -0.4 is 5.32 Å². The number of aromatic nitrogens is 1. The van der Waals surface area contributed by atoms with Gasteiger partial charge in [0, 0.05) is 11.1 Å². The highest BCUT2D eigenvalue weighted by Crippen LogP contribution is 2.22. The molecule has 2 aromatic rings. The van der Waals surface area contributed by atoms with E-state index in [2.05, 4.69) is 48.4 Å². The number of benzene rings is 1. The van der Waals surface area contributed by atoms with Crippen LogP contribution in [0.2, 0.25) is 0 Å². The number of nitrogens with zero attached hydrogens (tertiary/aromatic N) is 1. The molecule has 0 saturated heterocycles. The van der Waals surface area contributed by atoms with E-state index >= 15 is 0 Å². The van der Waals surface area contributed by atoms with Crippen LogP contribution in [0.25, 0.3) is 0 Å². The van der Waals surface area contributed by atoms with Crippen molar-refractivity contribution in [3.63, 3.8) is 0 Å². The monoisotopic (exact) mass is 348 g/mol. The summed E-state index contributed by atoms with van der Waals surface area (Å²) in [6.45, 7) is 8.43. The van der Waals surface area contributed by atoms with Gasteiger partial charge in [0.2, 0.25) is 5.91 Å². The molecule has 0 radical (unpaired) electrons.